The first-order valence-corrected chi connectivity index (χ1v) is 9.63. The Bertz CT molecular complexity index is 796. The lowest BCUT2D eigenvalue weighted by atomic mass is 9.98. The first-order chi connectivity index (χ1) is 14.2. The summed E-state index contributed by atoms with van der Waals surface area (Å²) in [4.78, 5) is 22.3. The molecule has 1 aliphatic rings. The van der Waals surface area contributed by atoms with Crippen LogP contribution < -0.4 is 11.5 Å². The summed E-state index contributed by atoms with van der Waals surface area (Å²) in [5.74, 6) is -0.856. The van der Waals surface area contributed by atoms with E-state index < -0.39 is 12.1 Å². The van der Waals surface area contributed by atoms with Crippen LogP contribution in [-0.4, -0.2) is 56.7 Å². The first kappa shape index (κ1) is 23.3. The van der Waals surface area contributed by atoms with Gasteiger partial charge in [-0.1, -0.05) is 48.5 Å². The third kappa shape index (κ3) is 6.28. The van der Waals surface area contributed by atoms with E-state index in [1.54, 1.807) is 0 Å². The van der Waals surface area contributed by atoms with Gasteiger partial charge >= 0.3 is 12.1 Å². The molecular formula is C22H28N2O6. The van der Waals surface area contributed by atoms with E-state index in [1.807, 2.05) is 24.3 Å². The molecule has 3 rings (SSSR count). The van der Waals surface area contributed by atoms with Gasteiger partial charge in [0.2, 0.25) is 0 Å². The molecule has 0 heterocycles. The van der Waals surface area contributed by atoms with Crippen LogP contribution in [0.5, 0.6) is 0 Å². The fourth-order valence-corrected chi connectivity index (χ4v) is 3.36. The number of fused-ring (bicyclic) bond motifs is 3. The molecule has 0 atom stereocenters. The minimum Gasteiger partial charge on any atom is -0.481 e. The molecule has 0 saturated heterocycles. The predicted octanol–water partition coefficient (Wildman–Crippen LogP) is 3.20. The number of hydrogen-bond donors (Lipinski definition) is 3. The van der Waals surface area contributed by atoms with Gasteiger partial charge in [0.15, 0.2) is 0 Å². The van der Waals surface area contributed by atoms with Gasteiger partial charge in [-0.25, -0.2) is 4.79 Å². The Morgan fingerprint density at radius 1 is 0.867 bits per heavy atom. The molecule has 1 aliphatic carbocycles. The van der Waals surface area contributed by atoms with Crippen molar-refractivity contribution < 1.29 is 28.9 Å². The van der Waals surface area contributed by atoms with Crippen molar-refractivity contribution in [2.24, 2.45) is 0 Å². The van der Waals surface area contributed by atoms with Gasteiger partial charge in [0, 0.05) is 12.5 Å². The lowest BCUT2D eigenvalue weighted by molar-refractivity contribution is -0.138. The Morgan fingerprint density at radius 2 is 1.43 bits per heavy atom. The van der Waals surface area contributed by atoms with Gasteiger partial charge in [0.05, 0.1) is 32.8 Å². The van der Waals surface area contributed by atoms with Crippen molar-refractivity contribution in [1.29, 1.82) is 0 Å². The van der Waals surface area contributed by atoms with Crippen LogP contribution in [0.15, 0.2) is 48.5 Å². The van der Waals surface area contributed by atoms with E-state index in [0.29, 0.717) is 26.4 Å². The van der Waals surface area contributed by atoms with Crippen molar-refractivity contribution in [2.75, 3.05) is 39.6 Å². The van der Waals surface area contributed by atoms with Gasteiger partial charge < -0.3 is 30.8 Å². The van der Waals surface area contributed by atoms with Gasteiger partial charge in [-0.2, -0.15) is 0 Å². The molecule has 8 nitrogen and oxygen atoms in total. The Hall–Kier alpha value is -2.94. The number of carbonyl (C=O) groups excluding carboxylic acids is 1. The summed E-state index contributed by atoms with van der Waals surface area (Å²) < 4.78 is 15.9. The highest BCUT2D eigenvalue weighted by atomic mass is 16.6. The number of carboxylic acids is 1. The topological polar surface area (TPSA) is 129 Å². The summed E-state index contributed by atoms with van der Waals surface area (Å²) in [5, 5.41) is 11.2. The highest BCUT2D eigenvalue weighted by molar-refractivity contribution is 5.79. The van der Waals surface area contributed by atoms with Crippen molar-refractivity contribution >= 4 is 12.1 Å². The van der Waals surface area contributed by atoms with Crippen molar-refractivity contribution in [2.45, 2.75) is 12.3 Å². The third-order valence-electron chi connectivity index (χ3n) is 4.69. The lowest BCUT2D eigenvalue weighted by Gasteiger charge is -2.14. The Labute approximate surface area is 175 Å². The highest BCUT2D eigenvalue weighted by Crippen LogP contribution is 2.44. The van der Waals surface area contributed by atoms with Gasteiger partial charge in [-0.3, -0.25) is 4.79 Å². The molecule has 2 aromatic carbocycles. The second-order valence-electron chi connectivity index (χ2n) is 6.62. The summed E-state index contributed by atoms with van der Waals surface area (Å²) >= 11 is 0. The molecule has 8 heteroatoms. The average Bonchev–Trinajstić information content (AvgIpc) is 3.04. The smallest absolute Gasteiger partial charge is 0.407 e. The maximum Gasteiger partial charge on any atom is 0.407 e. The van der Waals surface area contributed by atoms with Gasteiger partial charge in [-0.05, 0) is 22.3 Å². The van der Waals surface area contributed by atoms with Gasteiger partial charge in [0.25, 0.3) is 0 Å². The van der Waals surface area contributed by atoms with Crippen molar-refractivity contribution in [3.8, 4) is 11.1 Å². The summed E-state index contributed by atoms with van der Waals surface area (Å²) in [6, 6.07) is 16.4. The maximum absolute atomic E-state index is 12.0. The largest absolute Gasteiger partial charge is 0.481 e. The summed E-state index contributed by atoms with van der Waals surface area (Å²) in [7, 11) is 0. The molecule has 0 aliphatic heterocycles. The van der Waals surface area contributed by atoms with Gasteiger partial charge in [-0.15, -0.1) is 0 Å². The molecule has 0 saturated carbocycles. The lowest BCUT2D eigenvalue weighted by Crippen LogP contribution is -2.29. The number of carbonyl (C=O) groups is 2. The normalized spacial score (nSPS) is 11.9. The van der Waals surface area contributed by atoms with Crippen LogP contribution >= 0.6 is 0 Å². The summed E-state index contributed by atoms with van der Waals surface area (Å²) in [6.07, 6.45) is -0.503. The van der Waals surface area contributed by atoms with E-state index in [-0.39, 0.29) is 31.7 Å². The molecule has 0 unspecified atom stereocenters. The van der Waals surface area contributed by atoms with E-state index in [2.05, 4.69) is 29.6 Å². The molecule has 30 heavy (non-hydrogen) atoms. The number of aliphatic carboxylic acids is 1. The molecule has 2 aromatic rings. The van der Waals surface area contributed by atoms with E-state index in [1.165, 1.54) is 22.3 Å². The van der Waals surface area contributed by atoms with Crippen molar-refractivity contribution in [3.63, 3.8) is 0 Å². The Balaban J connectivity index is 0.00000320. The highest BCUT2D eigenvalue weighted by Gasteiger charge is 2.28. The monoisotopic (exact) mass is 416 g/mol. The van der Waals surface area contributed by atoms with Gasteiger partial charge in [0.1, 0.15) is 6.61 Å². The molecule has 1 amide bonds. The summed E-state index contributed by atoms with van der Waals surface area (Å²) in [6.45, 7) is 1.75. The molecular weight excluding hydrogens is 388 g/mol. The van der Waals surface area contributed by atoms with E-state index in [0.717, 1.165) is 0 Å². The number of rotatable bonds is 11. The number of ether oxygens (including phenoxy) is 3. The zero-order valence-electron chi connectivity index (χ0n) is 16.8. The minimum absolute atomic E-state index is 0. The third-order valence-corrected chi connectivity index (χ3v) is 4.69. The van der Waals surface area contributed by atoms with Crippen molar-refractivity contribution in [3.05, 3.63) is 59.7 Å². The SMILES string of the molecule is N.O=C(O)CCOCCOCCNC(=O)OCC1c2ccccc2-c2ccccc21. The molecule has 0 fully saturated rings. The number of hydrogen-bond acceptors (Lipinski definition) is 6. The van der Waals surface area contributed by atoms with E-state index in [4.69, 9.17) is 19.3 Å². The van der Waals surface area contributed by atoms with Crippen LogP contribution in [0.2, 0.25) is 0 Å². The van der Waals surface area contributed by atoms with Crippen LogP contribution in [0.3, 0.4) is 0 Å². The quantitative estimate of drug-likeness (QED) is 0.480. The number of carboxylic acid groups (broad SMARTS) is 1. The Morgan fingerprint density at radius 3 is 2.03 bits per heavy atom. The first-order valence-electron chi connectivity index (χ1n) is 9.63. The molecule has 5 N–H and O–H groups in total. The molecule has 0 bridgehead atoms. The molecule has 0 radical (unpaired) electrons. The molecule has 0 spiro atoms. The minimum atomic E-state index is -0.891. The number of amides is 1. The standard InChI is InChI=1S/C22H25NO6.H3N/c24-21(25)9-11-27-13-14-28-12-10-23-22(26)29-15-20-18-7-3-1-5-16(18)17-6-2-4-8-19(17)20;/h1-8,20H,9-15H2,(H,23,26)(H,24,25);1H3. The summed E-state index contributed by atoms with van der Waals surface area (Å²) in [5.41, 5.74) is 4.73. The Kier molecular flexibility index (Phi) is 9.27. The van der Waals surface area contributed by atoms with Crippen molar-refractivity contribution in [1.82, 2.24) is 11.5 Å². The average molecular weight is 416 g/mol. The number of benzene rings is 2. The molecule has 162 valence electrons. The predicted molar refractivity (Wildman–Crippen MR) is 112 cm³/mol. The fraction of sp³-hybridized carbons (Fsp3) is 0.364. The second kappa shape index (κ2) is 11.9. The van der Waals surface area contributed by atoms with E-state index in [9.17, 15) is 9.59 Å². The van der Waals surface area contributed by atoms with Crippen LogP contribution in [-0.2, 0) is 19.0 Å². The fourth-order valence-electron chi connectivity index (χ4n) is 3.36. The second-order valence-corrected chi connectivity index (χ2v) is 6.62. The number of nitrogens with one attached hydrogen (secondary N) is 1. The maximum atomic E-state index is 12.0. The van der Waals surface area contributed by atoms with E-state index >= 15 is 0 Å². The number of alkyl carbamates (subject to hydrolysis) is 1. The van der Waals surface area contributed by atoms with Crippen LogP contribution in [0.25, 0.3) is 11.1 Å². The van der Waals surface area contributed by atoms with Crippen LogP contribution in [0.4, 0.5) is 4.79 Å². The van der Waals surface area contributed by atoms with Crippen LogP contribution in [0, 0.1) is 0 Å². The zero-order valence-corrected chi connectivity index (χ0v) is 16.8. The molecule has 0 aromatic heterocycles. The zero-order chi connectivity index (χ0) is 20.5. The van der Waals surface area contributed by atoms with Crippen LogP contribution in [0.1, 0.15) is 23.5 Å².